The number of hydrogen-bond donors (Lipinski definition) is 1. The van der Waals surface area contributed by atoms with Crippen LogP contribution >= 0.6 is 11.6 Å². The smallest absolute Gasteiger partial charge is 0.244 e. The van der Waals surface area contributed by atoms with Gasteiger partial charge in [0, 0.05) is 36.4 Å². The van der Waals surface area contributed by atoms with E-state index in [9.17, 15) is 4.79 Å². The van der Waals surface area contributed by atoms with Crippen LogP contribution in [0.15, 0.2) is 43.4 Å². The van der Waals surface area contributed by atoms with Gasteiger partial charge < -0.3 is 5.32 Å². The molecule has 1 N–H and O–H groups in total. The van der Waals surface area contributed by atoms with Gasteiger partial charge in [0.1, 0.15) is 6.04 Å². The molecule has 8 nitrogen and oxygen atoms in total. The van der Waals surface area contributed by atoms with Gasteiger partial charge in [-0.15, -0.1) is 0 Å². The molecule has 28 heavy (non-hydrogen) atoms. The Morgan fingerprint density at radius 1 is 1.14 bits per heavy atom. The maximum absolute atomic E-state index is 12.5. The van der Waals surface area contributed by atoms with Gasteiger partial charge in [0.05, 0.1) is 35.3 Å². The van der Waals surface area contributed by atoms with Crippen molar-refractivity contribution in [3.05, 3.63) is 48.4 Å². The number of carbonyl (C=O) groups excluding carboxylic acids is 1. The van der Waals surface area contributed by atoms with Gasteiger partial charge in [-0.2, -0.15) is 10.2 Å². The average Bonchev–Trinajstić information content (AvgIpc) is 3.38. The van der Waals surface area contributed by atoms with Gasteiger partial charge in [-0.25, -0.2) is 0 Å². The van der Waals surface area contributed by atoms with E-state index in [1.54, 1.807) is 29.5 Å². The van der Waals surface area contributed by atoms with Crippen LogP contribution in [0.25, 0.3) is 11.3 Å². The highest BCUT2D eigenvalue weighted by molar-refractivity contribution is 6.30. The Labute approximate surface area is 167 Å². The molecule has 1 saturated carbocycles. The highest BCUT2D eigenvalue weighted by Gasteiger charge is 2.26. The van der Waals surface area contributed by atoms with E-state index < -0.39 is 0 Å². The molecule has 1 atom stereocenters. The minimum atomic E-state index is -0.383. The summed E-state index contributed by atoms with van der Waals surface area (Å²) in [6.07, 6.45) is 15.9. The van der Waals surface area contributed by atoms with E-state index in [0.29, 0.717) is 11.1 Å². The summed E-state index contributed by atoms with van der Waals surface area (Å²) in [6, 6.07) is 0.124. The summed E-state index contributed by atoms with van der Waals surface area (Å²) in [7, 11) is 0. The first-order valence-corrected chi connectivity index (χ1v) is 9.78. The molecular formula is C19H22ClN7O. The van der Waals surface area contributed by atoms with Crippen molar-refractivity contribution >= 4 is 17.5 Å². The molecule has 1 unspecified atom stereocenters. The number of rotatable bonds is 5. The summed E-state index contributed by atoms with van der Waals surface area (Å²) in [5, 5.41) is 12.3. The van der Waals surface area contributed by atoms with Crippen LogP contribution < -0.4 is 5.32 Å². The van der Waals surface area contributed by atoms with Gasteiger partial charge in [-0.1, -0.05) is 11.6 Å². The fourth-order valence-corrected chi connectivity index (χ4v) is 3.72. The van der Waals surface area contributed by atoms with Crippen molar-refractivity contribution in [1.29, 1.82) is 0 Å². The fraction of sp³-hybridized carbons (Fsp3) is 0.421. The summed E-state index contributed by atoms with van der Waals surface area (Å²) < 4.78 is 3.59. The zero-order chi connectivity index (χ0) is 19.5. The lowest BCUT2D eigenvalue weighted by molar-refractivity contribution is -0.125. The third-order valence-corrected chi connectivity index (χ3v) is 5.42. The number of hydrogen-bond acceptors (Lipinski definition) is 5. The normalized spacial score (nSPS) is 20.6. The number of nitrogens with zero attached hydrogens (tertiary/aromatic N) is 6. The summed E-state index contributed by atoms with van der Waals surface area (Å²) in [6.45, 7) is 1.82. The lowest BCUT2D eigenvalue weighted by atomic mass is 9.91. The number of nitrogens with one attached hydrogen (secondary N) is 1. The van der Waals surface area contributed by atoms with Crippen molar-refractivity contribution in [2.75, 3.05) is 0 Å². The lowest BCUT2D eigenvalue weighted by Gasteiger charge is -2.30. The second-order valence-corrected chi connectivity index (χ2v) is 7.56. The van der Waals surface area contributed by atoms with Crippen LogP contribution in [-0.4, -0.2) is 41.5 Å². The van der Waals surface area contributed by atoms with Crippen LogP contribution in [0, 0.1) is 0 Å². The van der Waals surface area contributed by atoms with E-state index in [-0.39, 0.29) is 18.0 Å². The van der Waals surface area contributed by atoms with Crippen molar-refractivity contribution in [3.63, 3.8) is 0 Å². The van der Waals surface area contributed by atoms with Crippen LogP contribution in [0.4, 0.5) is 0 Å². The standard InChI is InChI=1S/C19H22ClN7O/c1-13(26-12-15(20)9-24-26)19(28)25-16-2-4-17(5-3-16)27-11-14(8-23-27)18-10-21-6-7-22-18/h6-13,16-17H,2-5H2,1H3,(H,25,28). The Balaban J connectivity index is 1.31. The van der Waals surface area contributed by atoms with Crippen molar-refractivity contribution in [2.24, 2.45) is 0 Å². The minimum absolute atomic E-state index is 0.0350. The van der Waals surface area contributed by atoms with Crippen molar-refractivity contribution in [1.82, 2.24) is 34.8 Å². The minimum Gasteiger partial charge on any atom is -0.352 e. The number of aromatic nitrogens is 6. The molecule has 1 aliphatic rings. The van der Waals surface area contributed by atoms with E-state index in [1.165, 1.54) is 6.20 Å². The van der Waals surface area contributed by atoms with Gasteiger partial charge >= 0.3 is 0 Å². The molecular weight excluding hydrogens is 378 g/mol. The van der Waals surface area contributed by atoms with Crippen molar-refractivity contribution < 1.29 is 4.79 Å². The van der Waals surface area contributed by atoms with Crippen molar-refractivity contribution in [2.45, 2.75) is 50.7 Å². The van der Waals surface area contributed by atoms with Gasteiger partial charge in [-0.05, 0) is 32.6 Å². The maximum Gasteiger partial charge on any atom is 0.244 e. The van der Waals surface area contributed by atoms with Gasteiger partial charge in [-0.3, -0.25) is 24.1 Å². The van der Waals surface area contributed by atoms with Crippen LogP contribution in [0.5, 0.6) is 0 Å². The largest absolute Gasteiger partial charge is 0.352 e. The third kappa shape index (κ3) is 4.06. The molecule has 0 radical (unpaired) electrons. The lowest BCUT2D eigenvalue weighted by Crippen LogP contribution is -2.41. The SMILES string of the molecule is CC(C(=O)NC1CCC(n2cc(-c3cnccn3)cn2)CC1)n1cc(Cl)cn1. The Bertz CT molecular complexity index is 931. The van der Waals surface area contributed by atoms with Gasteiger partial charge in [0.2, 0.25) is 5.91 Å². The van der Waals surface area contributed by atoms with E-state index in [1.807, 2.05) is 24.0 Å². The predicted molar refractivity (Wildman–Crippen MR) is 105 cm³/mol. The first-order chi connectivity index (χ1) is 13.6. The van der Waals surface area contributed by atoms with Crippen LogP contribution in [0.2, 0.25) is 5.02 Å². The Hall–Kier alpha value is -2.74. The predicted octanol–water partition coefficient (Wildman–Crippen LogP) is 3.05. The van der Waals surface area contributed by atoms with E-state index in [4.69, 9.17) is 11.6 Å². The molecule has 9 heteroatoms. The third-order valence-electron chi connectivity index (χ3n) is 5.22. The zero-order valence-corrected chi connectivity index (χ0v) is 16.3. The molecule has 3 aromatic rings. The number of amides is 1. The molecule has 3 aromatic heterocycles. The Morgan fingerprint density at radius 3 is 2.64 bits per heavy atom. The highest BCUT2D eigenvalue weighted by Crippen LogP contribution is 2.29. The molecule has 1 aliphatic carbocycles. The quantitative estimate of drug-likeness (QED) is 0.712. The molecule has 0 saturated heterocycles. The second kappa shape index (κ2) is 8.10. The van der Waals surface area contributed by atoms with Crippen LogP contribution in [-0.2, 0) is 4.79 Å². The molecule has 4 rings (SSSR count). The topological polar surface area (TPSA) is 90.5 Å². The fourth-order valence-electron chi connectivity index (χ4n) is 3.57. The molecule has 1 amide bonds. The molecule has 1 fully saturated rings. The summed E-state index contributed by atoms with van der Waals surface area (Å²) >= 11 is 5.89. The van der Waals surface area contributed by atoms with Crippen LogP contribution in [0.3, 0.4) is 0 Å². The van der Waals surface area contributed by atoms with E-state index in [2.05, 4.69) is 25.5 Å². The van der Waals surface area contributed by atoms with Gasteiger partial charge in [0.15, 0.2) is 0 Å². The van der Waals surface area contributed by atoms with Crippen molar-refractivity contribution in [3.8, 4) is 11.3 Å². The molecule has 146 valence electrons. The van der Waals surface area contributed by atoms with E-state index in [0.717, 1.165) is 36.9 Å². The molecule has 0 spiro atoms. The van der Waals surface area contributed by atoms with Gasteiger partial charge in [0.25, 0.3) is 0 Å². The summed E-state index contributed by atoms with van der Waals surface area (Å²) in [5.41, 5.74) is 1.79. The summed E-state index contributed by atoms with van der Waals surface area (Å²) in [5.74, 6) is -0.0350. The number of carbonyl (C=O) groups is 1. The molecule has 0 aromatic carbocycles. The molecule has 0 bridgehead atoms. The van der Waals surface area contributed by atoms with E-state index >= 15 is 0 Å². The molecule has 0 aliphatic heterocycles. The highest BCUT2D eigenvalue weighted by atomic mass is 35.5. The Morgan fingerprint density at radius 2 is 1.96 bits per heavy atom. The number of halogens is 1. The monoisotopic (exact) mass is 399 g/mol. The first kappa shape index (κ1) is 18.6. The maximum atomic E-state index is 12.5. The summed E-state index contributed by atoms with van der Waals surface area (Å²) in [4.78, 5) is 20.9. The zero-order valence-electron chi connectivity index (χ0n) is 15.6. The Kier molecular flexibility index (Phi) is 5.38. The average molecular weight is 400 g/mol. The first-order valence-electron chi connectivity index (χ1n) is 9.40. The molecule has 3 heterocycles. The second-order valence-electron chi connectivity index (χ2n) is 7.13. The van der Waals surface area contributed by atoms with Crippen LogP contribution in [0.1, 0.15) is 44.7 Å².